The van der Waals surface area contributed by atoms with Crippen molar-refractivity contribution in [2.24, 2.45) is 0 Å². The number of hydrogen-bond donors (Lipinski definition) is 0. The van der Waals surface area contributed by atoms with Gasteiger partial charge in [-0.2, -0.15) is 0 Å². The predicted molar refractivity (Wildman–Crippen MR) is 82.8 cm³/mol. The van der Waals surface area contributed by atoms with Gasteiger partial charge in [0.1, 0.15) is 0 Å². The number of pyridine rings is 1. The van der Waals surface area contributed by atoms with Gasteiger partial charge in [0, 0.05) is 16.2 Å². The number of halogens is 1. The molecule has 0 spiro atoms. The van der Waals surface area contributed by atoms with Crippen LogP contribution in [0.1, 0.15) is 5.56 Å². The van der Waals surface area contributed by atoms with E-state index in [2.05, 4.69) is 35.3 Å². The molecule has 3 rings (SSSR count). The zero-order valence-corrected chi connectivity index (χ0v) is 11.8. The molecule has 94 valence electrons. The Labute approximate surface area is 121 Å². The minimum absolute atomic E-state index is 0.749. The van der Waals surface area contributed by atoms with E-state index in [1.54, 1.807) is 11.8 Å². The summed E-state index contributed by atoms with van der Waals surface area (Å²) in [5, 5.41) is 2.87. The fourth-order valence-electron chi connectivity index (χ4n) is 1.89. The Kier molecular flexibility index (Phi) is 3.72. The van der Waals surface area contributed by atoms with Crippen LogP contribution in [0, 0.1) is 0 Å². The van der Waals surface area contributed by atoms with Crippen LogP contribution in [-0.2, 0) is 5.75 Å². The number of nitrogens with zero attached hydrogens (tertiary/aromatic N) is 1. The topological polar surface area (TPSA) is 12.9 Å². The quantitative estimate of drug-likeness (QED) is 0.615. The van der Waals surface area contributed by atoms with E-state index in [-0.39, 0.29) is 0 Å². The molecule has 0 atom stereocenters. The van der Waals surface area contributed by atoms with Gasteiger partial charge < -0.3 is 0 Å². The maximum Gasteiger partial charge on any atom is 0.0970 e. The van der Waals surface area contributed by atoms with Crippen molar-refractivity contribution >= 4 is 34.3 Å². The summed E-state index contributed by atoms with van der Waals surface area (Å²) >= 11 is 7.72. The third-order valence-corrected chi connectivity index (χ3v) is 4.09. The molecule has 1 aromatic heterocycles. The van der Waals surface area contributed by atoms with Crippen LogP contribution in [0.4, 0.5) is 0 Å². The van der Waals surface area contributed by atoms with E-state index in [0.717, 1.165) is 26.7 Å². The van der Waals surface area contributed by atoms with Crippen LogP contribution in [0.25, 0.3) is 10.9 Å². The molecule has 0 aliphatic carbocycles. The molecule has 0 N–H and O–H groups in total. The maximum atomic E-state index is 5.97. The number of rotatable bonds is 3. The van der Waals surface area contributed by atoms with Crippen LogP contribution in [0.3, 0.4) is 0 Å². The number of thioether (sulfide) groups is 1. The van der Waals surface area contributed by atoms with E-state index in [9.17, 15) is 0 Å². The highest BCUT2D eigenvalue weighted by Crippen LogP contribution is 2.24. The van der Waals surface area contributed by atoms with Gasteiger partial charge in [0.25, 0.3) is 0 Å². The lowest BCUT2D eigenvalue weighted by molar-refractivity contribution is 1.18. The monoisotopic (exact) mass is 285 g/mol. The van der Waals surface area contributed by atoms with E-state index in [1.165, 1.54) is 5.56 Å². The zero-order valence-electron chi connectivity index (χ0n) is 10.2. The number of benzene rings is 2. The van der Waals surface area contributed by atoms with Crippen molar-refractivity contribution in [3.05, 3.63) is 71.2 Å². The second-order valence-electron chi connectivity index (χ2n) is 4.26. The van der Waals surface area contributed by atoms with Crippen molar-refractivity contribution < 1.29 is 0 Å². The molecule has 0 fully saturated rings. The molecular formula is C16H12ClNS. The van der Waals surface area contributed by atoms with Crippen LogP contribution in [0.5, 0.6) is 0 Å². The summed E-state index contributed by atoms with van der Waals surface area (Å²) in [5.74, 6) is 0.937. The van der Waals surface area contributed by atoms with Gasteiger partial charge in [0.15, 0.2) is 0 Å². The van der Waals surface area contributed by atoms with Crippen molar-refractivity contribution in [1.29, 1.82) is 0 Å². The van der Waals surface area contributed by atoms with Gasteiger partial charge in [-0.15, -0.1) is 11.8 Å². The van der Waals surface area contributed by atoms with Crippen molar-refractivity contribution in [1.82, 2.24) is 4.98 Å². The van der Waals surface area contributed by atoms with Gasteiger partial charge in [-0.3, -0.25) is 0 Å². The minimum atomic E-state index is 0.749. The molecule has 2 aromatic carbocycles. The molecule has 0 amide bonds. The van der Waals surface area contributed by atoms with Crippen molar-refractivity contribution in [3.8, 4) is 0 Å². The van der Waals surface area contributed by atoms with Gasteiger partial charge in [-0.1, -0.05) is 48.0 Å². The molecule has 3 aromatic rings. The summed E-state index contributed by atoms with van der Waals surface area (Å²) in [4.78, 5) is 4.64. The molecule has 3 heteroatoms. The first-order valence-electron chi connectivity index (χ1n) is 6.04. The molecule has 0 saturated carbocycles. The van der Waals surface area contributed by atoms with Gasteiger partial charge >= 0.3 is 0 Å². The molecule has 0 bridgehead atoms. The molecule has 19 heavy (non-hydrogen) atoms. The van der Waals surface area contributed by atoms with Gasteiger partial charge in [0.05, 0.1) is 10.5 Å². The Morgan fingerprint density at radius 3 is 2.63 bits per heavy atom. The smallest absolute Gasteiger partial charge is 0.0970 e. The third kappa shape index (κ3) is 3.09. The largest absolute Gasteiger partial charge is 0.241 e. The lowest BCUT2D eigenvalue weighted by Crippen LogP contribution is -1.84. The van der Waals surface area contributed by atoms with E-state index in [0.29, 0.717) is 0 Å². The first kappa shape index (κ1) is 12.5. The Morgan fingerprint density at radius 2 is 1.79 bits per heavy atom. The fourth-order valence-corrected chi connectivity index (χ4v) is 2.90. The van der Waals surface area contributed by atoms with E-state index < -0.39 is 0 Å². The Balaban J connectivity index is 1.80. The number of hydrogen-bond acceptors (Lipinski definition) is 2. The van der Waals surface area contributed by atoms with E-state index in [1.807, 2.05) is 30.3 Å². The Morgan fingerprint density at radius 1 is 0.947 bits per heavy atom. The zero-order chi connectivity index (χ0) is 13.1. The van der Waals surface area contributed by atoms with Crippen LogP contribution < -0.4 is 0 Å². The normalized spacial score (nSPS) is 10.8. The predicted octanol–water partition coefficient (Wildman–Crippen LogP) is 5.18. The standard InChI is InChI=1S/C16H12ClNS/c17-14-7-8-15-13(10-14)6-9-16(18-15)19-11-12-4-2-1-3-5-12/h1-10H,11H2. The molecule has 0 saturated heterocycles. The number of fused-ring (bicyclic) bond motifs is 1. The average molecular weight is 286 g/mol. The lowest BCUT2D eigenvalue weighted by atomic mass is 10.2. The maximum absolute atomic E-state index is 5.97. The highest BCUT2D eigenvalue weighted by Gasteiger charge is 2.01. The van der Waals surface area contributed by atoms with Gasteiger partial charge in [-0.25, -0.2) is 4.98 Å². The minimum Gasteiger partial charge on any atom is -0.241 e. The first-order chi connectivity index (χ1) is 9.31. The first-order valence-corrected chi connectivity index (χ1v) is 7.41. The van der Waals surface area contributed by atoms with Gasteiger partial charge in [0.2, 0.25) is 0 Å². The third-order valence-electron chi connectivity index (χ3n) is 2.86. The molecule has 0 aliphatic rings. The Hall–Kier alpha value is -1.51. The second kappa shape index (κ2) is 5.64. The second-order valence-corrected chi connectivity index (χ2v) is 5.69. The molecule has 1 heterocycles. The summed E-state index contributed by atoms with van der Waals surface area (Å²) in [7, 11) is 0. The van der Waals surface area contributed by atoms with E-state index in [4.69, 9.17) is 11.6 Å². The van der Waals surface area contributed by atoms with Crippen LogP contribution in [-0.4, -0.2) is 4.98 Å². The lowest BCUT2D eigenvalue weighted by Gasteiger charge is -2.03. The highest BCUT2D eigenvalue weighted by molar-refractivity contribution is 7.98. The van der Waals surface area contributed by atoms with Crippen molar-refractivity contribution in [3.63, 3.8) is 0 Å². The molecule has 1 nitrogen and oxygen atoms in total. The highest BCUT2D eigenvalue weighted by atomic mass is 35.5. The average Bonchev–Trinajstić information content (AvgIpc) is 2.46. The molecule has 0 aliphatic heterocycles. The summed E-state index contributed by atoms with van der Waals surface area (Å²) in [5.41, 5.74) is 2.30. The summed E-state index contributed by atoms with van der Waals surface area (Å²) in [6.07, 6.45) is 0. The van der Waals surface area contributed by atoms with Crippen LogP contribution in [0.15, 0.2) is 65.7 Å². The van der Waals surface area contributed by atoms with E-state index >= 15 is 0 Å². The molecular weight excluding hydrogens is 274 g/mol. The fraction of sp³-hybridized carbons (Fsp3) is 0.0625. The summed E-state index contributed by atoms with van der Waals surface area (Å²) in [6.45, 7) is 0. The van der Waals surface area contributed by atoms with Crippen molar-refractivity contribution in [2.75, 3.05) is 0 Å². The van der Waals surface area contributed by atoms with Crippen LogP contribution >= 0.6 is 23.4 Å². The molecule has 0 unspecified atom stereocenters. The Bertz CT molecular complexity index is 697. The molecule has 0 radical (unpaired) electrons. The SMILES string of the molecule is Clc1ccc2nc(SCc3ccccc3)ccc2c1. The van der Waals surface area contributed by atoms with Crippen molar-refractivity contribution in [2.45, 2.75) is 10.8 Å². The van der Waals surface area contributed by atoms with Gasteiger partial charge in [-0.05, 0) is 29.8 Å². The van der Waals surface area contributed by atoms with Crippen LogP contribution in [0.2, 0.25) is 5.02 Å². The summed E-state index contributed by atoms with van der Waals surface area (Å²) < 4.78 is 0. The number of aromatic nitrogens is 1. The summed E-state index contributed by atoms with van der Waals surface area (Å²) in [6, 6.07) is 20.3.